The van der Waals surface area contributed by atoms with Gasteiger partial charge in [0.25, 0.3) is 5.91 Å². The predicted octanol–water partition coefficient (Wildman–Crippen LogP) is 3.85. The molecule has 2 fully saturated rings. The van der Waals surface area contributed by atoms with Crippen molar-refractivity contribution in [3.8, 4) is 0 Å². The van der Waals surface area contributed by atoms with Crippen LogP contribution in [0.3, 0.4) is 0 Å². The number of carbonyl (C=O) groups excluding carboxylic acids is 1. The number of amides is 1. The quantitative estimate of drug-likeness (QED) is 0.682. The summed E-state index contributed by atoms with van der Waals surface area (Å²) in [4.78, 5) is 24.9. The zero-order chi connectivity index (χ0) is 24.1. The largest absolute Gasteiger partial charge is 0.367 e. The minimum absolute atomic E-state index is 0.0656. The first-order valence-corrected chi connectivity index (χ1v) is 12.7. The van der Waals surface area contributed by atoms with Crippen LogP contribution in [0.1, 0.15) is 43.8 Å². The average Bonchev–Trinajstić information content (AvgIpc) is 3.60. The number of rotatable bonds is 4. The number of allylic oxidation sites excluding steroid dienone is 6. The second-order valence-electron chi connectivity index (χ2n) is 9.95. The van der Waals surface area contributed by atoms with Gasteiger partial charge in [-0.25, -0.2) is 4.52 Å². The smallest absolute Gasteiger partial charge is 0.255 e. The third-order valence-corrected chi connectivity index (χ3v) is 7.37. The van der Waals surface area contributed by atoms with E-state index in [1.807, 2.05) is 54.2 Å². The highest BCUT2D eigenvalue weighted by Crippen LogP contribution is 2.32. The first-order valence-electron chi connectivity index (χ1n) is 12.7. The first kappa shape index (κ1) is 22.0. The van der Waals surface area contributed by atoms with Gasteiger partial charge < -0.3 is 4.90 Å². The second-order valence-corrected chi connectivity index (χ2v) is 9.95. The summed E-state index contributed by atoms with van der Waals surface area (Å²) in [6, 6.07) is 3.34. The van der Waals surface area contributed by atoms with E-state index in [1.165, 1.54) is 12.8 Å². The standard InChI is InChI=1S/C28H32N6O/c1-4-25-27-15-26(30-34(27)16-19(2)29-25)21-6-5-7-22-10-11-24(18-33(22)28(35)14-21)31-12-13-32(20(3)17-31)23-8-9-23/h5-7,10-11,14-16,18,20,23H,4,8-9,12-13,17H2,1-3H3/b6-5?,21-14?,22-7+/t20-/m1/s1. The summed E-state index contributed by atoms with van der Waals surface area (Å²) in [6.07, 6.45) is 19.3. The molecule has 0 radical (unpaired) electrons. The van der Waals surface area contributed by atoms with Gasteiger partial charge in [0.1, 0.15) is 0 Å². The highest BCUT2D eigenvalue weighted by molar-refractivity contribution is 5.99. The summed E-state index contributed by atoms with van der Waals surface area (Å²) < 4.78 is 1.87. The molecule has 4 aliphatic rings. The van der Waals surface area contributed by atoms with Crippen molar-refractivity contribution in [1.29, 1.82) is 0 Å². The molecule has 0 bridgehead atoms. The van der Waals surface area contributed by atoms with Crippen molar-refractivity contribution in [1.82, 2.24) is 29.3 Å². The number of nitrogens with zero attached hydrogens (tertiary/aromatic N) is 6. The van der Waals surface area contributed by atoms with Crippen LogP contribution in [0.5, 0.6) is 0 Å². The van der Waals surface area contributed by atoms with Gasteiger partial charge in [-0.05, 0) is 57.4 Å². The Morgan fingerprint density at radius 3 is 2.71 bits per heavy atom. The topological polar surface area (TPSA) is 57.0 Å². The summed E-state index contributed by atoms with van der Waals surface area (Å²) >= 11 is 0. The van der Waals surface area contributed by atoms with Gasteiger partial charge in [-0.3, -0.25) is 19.6 Å². The van der Waals surface area contributed by atoms with Crippen LogP contribution >= 0.6 is 0 Å². The van der Waals surface area contributed by atoms with Crippen molar-refractivity contribution < 1.29 is 4.79 Å². The van der Waals surface area contributed by atoms with Crippen LogP contribution in [0.25, 0.3) is 11.1 Å². The molecule has 1 atom stereocenters. The molecule has 1 saturated carbocycles. The summed E-state index contributed by atoms with van der Waals surface area (Å²) in [5.41, 5.74) is 6.46. The molecule has 0 N–H and O–H groups in total. The van der Waals surface area contributed by atoms with Crippen LogP contribution < -0.4 is 0 Å². The van der Waals surface area contributed by atoms with Gasteiger partial charge in [0, 0.05) is 55.3 Å². The molecule has 1 aliphatic carbocycles. The maximum absolute atomic E-state index is 13.4. The molecule has 180 valence electrons. The molecule has 7 nitrogen and oxygen atoms in total. The van der Waals surface area contributed by atoms with Crippen LogP contribution in [0.4, 0.5) is 0 Å². The lowest BCUT2D eigenvalue weighted by Crippen LogP contribution is -2.52. The van der Waals surface area contributed by atoms with E-state index in [0.717, 1.165) is 71.7 Å². The van der Waals surface area contributed by atoms with Crippen LogP contribution in [-0.2, 0) is 11.2 Å². The molecule has 1 amide bonds. The summed E-state index contributed by atoms with van der Waals surface area (Å²) in [7, 11) is 0. The van der Waals surface area contributed by atoms with Crippen LogP contribution in [0, 0.1) is 6.92 Å². The molecule has 2 aromatic rings. The lowest BCUT2D eigenvalue weighted by atomic mass is 10.1. The Morgan fingerprint density at radius 1 is 1.11 bits per heavy atom. The molecule has 5 heterocycles. The van der Waals surface area contributed by atoms with Crippen LogP contribution in [-0.4, -0.2) is 66.9 Å². The van der Waals surface area contributed by atoms with Crippen LogP contribution in [0.15, 0.2) is 66.3 Å². The van der Waals surface area contributed by atoms with E-state index in [0.29, 0.717) is 6.04 Å². The SMILES string of the molecule is CCc1nc(C)cn2nc(C3=CC(=O)N4C=C(N5CCN(C6CC6)[C@H](C)C5)C=C/C4=C\C=C3)cc12. The fraction of sp³-hybridized carbons (Fsp3) is 0.393. The van der Waals surface area contributed by atoms with E-state index in [-0.39, 0.29) is 5.91 Å². The second kappa shape index (κ2) is 8.64. The number of piperazine rings is 1. The highest BCUT2D eigenvalue weighted by Gasteiger charge is 2.36. The first-order chi connectivity index (χ1) is 17.0. The number of fused-ring (bicyclic) bond motifs is 2. The van der Waals surface area contributed by atoms with Gasteiger partial charge in [-0.2, -0.15) is 5.10 Å². The Hall–Kier alpha value is -3.45. The zero-order valence-electron chi connectivity index (χ0n) is 20.7. The van der Waals surface area contributed by atoms with E-state index in [4.69, 9.17) is 5.10 Å². The maximum atomic E-state index is 13.4. The minimum Gasteiger partial charge on any atom is -0.367 e. The molecule has 35 heavy (non-hydrogen) atoms. The molecule has 2 aromatic heterocycles. The fourth-order valence-corrected chi connectivity index (χ4v) is 5.42. The third kappa shape index (κ3) is 4.14. The third-order valence-electron chi connectivity index (χ3n) is 7.37. The molecular weight excluding hydrogens is 436 g/mol. The number of aryl methyl sites for hydroxylation is 2. The summed E-state index contributed by atoms with van der Waals surface area (Å²) in [6.45, 7) is 9.46. The van der Waals surface area contributed by atoms with E-state index in [1.54, 1.807) is 11.0 Å². The molecule has 0 aromatic carbocycles. The molecule has 6 rings (SSSR count). The average molecular weight is 469 g/mol. The number of hydrogen-bond donors (Lipinski definition) is 0. The maximum Gasteiger partial charge on any atom is 0.255 e. The van der Waals surface area contributed by atoms with Crippen LogP contribution in [0.2, 0.25) is 0 Å². The predicted molar refractivity (Wildman–Crippen MR) is 137 cm³/mol. The Kier molecular flexibility index (Phi) is 5.44. The Bertz CT molecular complexity index is 1340. The van der Waals surface area contributed by atoms with Gasteiger partial charge in [-0.1, -0.05) is 19.1 Å². The Labute approximate surface area is 206 Å². The normalized spacial score (nSPS) is 24.6. The molecule has 0 spiro atoms. The molecule has 7 heteroatoms. The summed E-state index contributed by atoms with van der Waals surface area (Å²) in [5.74, 6) is -0.0656. The number of hydrogen-bond acceptors (Lipinski definition) is 5. The molecular formula is C28H32N6O. The van der Waals surface area contributed by atoms with E-state index < -0.39 is 0 Å². The lowest BCUT2D eigenvalue weighted by Gasteiger charge is -2.42. The number of carbonyl (C=O) groups is 1. The summed E-state index contributed by atoms with van der Waals surface area (Å²) in [5, 5.41) is 4.76. The molecule has 3 aliphatic heterocycles. The van der Waals surface area contributed by atoms with E-state index in [9.17, 15) is 4.79 Å². The zero-order valence-corrected chi connectivity index (χ0v) is 20.7. The molecule has 1 saturated heterocycles. The van der Waals surface area contributed by atoms with Gasteiger partial charge in [0.2, 0.25) is 0 Å². The van der Waals surface area contributed by atoms with Crippen molar-refractivity contribution in [2.24, 2.45) is 0 Å². The monoisotopic (exact) mass is 468 g/mol. The van der Waals surface area contributed by atoms with Crippen molar-refractivity contribution in [2.45, 2.75) is 52.1 Å². The van der Waals surface area contributed by atoms with E-state index in [2.05, 4.69) is 34.7 Å². The van der Waals surface area contributed by atoms with Gasteiger partial charge in [0.05, 0.1) is 34.5 Å². The van der Waals surface area contributed by atoms with Crippen molar-refractivity contribution in [3.63, 3.8) is 0 Å². The van der Waals surface area contributed by atoms with Crippen molar-refractivity contribution in [2.75, 3.05) is 19.6 Å². The van der Waals surface area contributed by atoms with Gasteiger partial charge in [-0.15, -0.1) is 0 Å². The Balaban J connectivity index is 1.28. The lowest BCUT2D eigenvalue weighted by molar-refractivity contribution is -0.122. The van der Waals surface area contributed by atoms with Crippen molar-refractivity contribution >= 4 is 17.0 Å². The van der Waals surface area contributed by atoms with E-state index >= 15 is 0 Å². The van der Waals surface area contributed by atoms with Gasteiger partial charge in [0.15, 0.2) is 0 Å². The fourth-order valence-electron chi connectivity index (χ4n) is 5.42. The minimum atomic E-state index is -0.0656. The highest BCUT2D eigenvalue weighted by atomic mass is 16.2. The van der Waals surface area contributed by atoms with Gasteiger partial charge >= 0.3 is 0 Å². The number of aromatic nitrogens is 3. The molecule has 0 unspecified atom stereocenters. The Morgan fingerprint density at radius 2 is 1.94 bits per heavy atom. The van der Waals surface area contributed by atoms with Crippen molar-refractivity contribution in [3.05, 3.63) is 83.4 Å².